The summed E-state index contributed by atoms with van der Waals surface area (Å²) in [6.07, 6.45) is 0.231. The van der Waals surface area contributed by atoms with E-state index < -0.39 is 5.97 Å². The first kappa shape index (κ1) is 21.5. The van der Waals surface area contributed by atoms with Crippen LogP contribution in [-0.4, -0.2) is 18.4 Å². The lowest BCUT2D eigenvalue weighted by Crippen LogP contribution is -2.19. The zero-order valence-electron chi connectivity index (χ0n) is 15.1. The molecule has 0 saturated carbocycles. The fourth-order valence-electron chi connectivity index (χ4n) is 2.33. The van der Waals surface area contributed by atoms with E-state index in [1.165, 1.54) is 0 Å². The Bertz CT molecular complexity index is 901. The SMILES string of the molecule is Cc1cc(OCC(=O)O/N=C(\N)Cc2ccc(Cl)cc2Cl)c(C)c(C)c1Br. The summed E-state index contributed by atoms with van der Waals surface area (Å²) in [6.45, 7) is 5.57. The summed E-state index contributed by atoms with van der Waals surface area (Å²) < 4.78 is 6.58. The number of amidine groups is 1. The highest BCUT2D eigenvalue weighted by molar-refractivity contribution is 9.10. The Morgan fingerprint density at radius 2 is 1.89 bits per heavy atom. The third kappa shape index (κ3) is 5.86. The van der Waals surface area contributed by atoms with Crippen molar-refractivity contribution in [2.24, 2.45) is 10.9 Å². The molecule has 2 N–H and O–H groups in total. The molecule has 27 heavy (non-hydrogen) atoms. The van der Waals surface area contributed by atoms with Crippen LogP contribution in [0.25, 0.3) is 0 Å². The number of halogens is 3. The Hall–Kier alpha value is -1.76. The van der Waals surface area contributed by atoms with Gasteiger partial charge in [0.05, 0.1) is 0 Å². The van der Waals surface area contributed by atoms with Crippen LogP contribution in [0.1, 0.15) is 22.3 Å². The second-order valence-corrected chi connectivity index (χ2v) is 7.64. The molecule has 2 aromatic rings. The van der Waals surface area contributed by atoms with Crippen LogP contribution in [0, 0.1) is 20.8 Å². The number of carbonyl (C=O) groups is 1. The summed E-state index contributed by atoms with van der Waals surface area (Å²) in [5.41, 5.74) is 9.53. The molecule has 144 valence electrons. The predicted molar refractivity (Wildman–Crippen MR) is 112 cm³/mol. The zero-order chi connectivity index (χ0) is 20.1. The van der Waals surface area contributed by atoms with Crippen LogP contribution in [-0.2, 0) is 16.1 Å². The molecular formula is C19H19BrCl2N2O3. The fraction of sp³-hybridized carbons (Fsp3) is 0.263. The van der Waals surface area contributed by atoms with E-state index in [4.69, 9.17) is 38.5 Å². The molecule has 0 fully saturated rings. The molecule has 0 aromatic heterocycles. The van der Waals surface area contributed by atoms with Crippen molar-refractivity contribution in [2.45, 2.75) is 27.2 Å². The molecule has 0 amide bonds. The van der Waals surface area contributed by atoms with Gasteiger partial charge in [0, 0.05) is 20.9 Å². The smallest absolute Gasteiger partial charge is 0.372 e. The van der Waals surface area contributed by atoms with Crippen LogP contribution in [0.4, 0.5) is 0 Å². The van der Waals surface area contributed by atoms with Crippen molar-refractivity contribution in [3.8, 4) is 5.75 Å². The van der Waals surface area contributed by atoms with Gasteiger partial charge in [-0.2, -0.15) is 0 Å². The van der Waals surface area contributed by atoms with E-state index in [-0.39, 0.29) is 18.9 Å². The molecular weight excluding hydrogens is 455 g/mol. The number of nitrogens with two attached hydrogens (primary N) is 1. The predicted octanol–water partition coefficient (Wildman–Crippen LogP) is 5.12. The van der Waals surface area contributed by atoms with Crippen molar-refractivity contribution in [1.29, 1.82) is 0 Å². The van der Waals surface area contributed by atoms with Crippen LogP contribution in [0.5, 0.6) is 5.75 Å². The lowest BCUT2D eigenvalue weighted by atomic mass is 10.1. The first-order chi connectivity index (χ1) is 12.7. The third-order valence-corrected chi connectivity index (χ3v) is 5.76. The first-order valence-electron chi connectivity index (χ1n) is 8.04. The van der Waals surface area contributed by atoms with Crippen LogP contribution >= 0.6 is 39.1 Å². The number of rotatable bonds is 6. The van der Waals surface area contributed by atoms with Gasteiger partial charge in [-0.15, -0.1) is 0 Å². The number of nitrogens with zero attached hydrogens (tertiary/aromatic N) is 1. The molecule has 0 heterocycles. The van der Waals surface area contributed by atoms with Crippen molar-refractivity contribution >= 4 is 50.9 Å². The Balaban J connectivity index is 1.93. The second kappa shape index (κ2) is 9.44. The van der Waals surface area contributed by atoms with Gasteiger partial charge in [0.15, 0.2) is 6.61 Å². The van der Waals surface area contributed by atoms with Gasteiger partial charge in [-0.05, 0) is 61.2 Å². The van der Waals surface area contributed by atoms with Gasteiger partial charge < -0.3 is 15.3 Å². The fourth-order valence-corrected chi connectivity index (χ4v) is 3.22. The molecule has 0 spiro atoms. The molecule has 0 aliphatic heterocycles. The van der Waals surface area contributed by atoms with Gasteiger partial charge in [0.1, 0.15) is 11.6 Å². The van der Waals surface area contributed by atoms with E-state index in [0.29, 0.717) is 15.8 Å². The Kier molecular flexibility index (Phi) is 7.53. The molecule has 0 aliphatic carbocycles. The highest BCUT2D eigenvalue weighted by Gasteiger charge is 2.12. The number of ether oxygens (including phenoxy) is 1. The van der Waals surface area contributed by atoms with E-state index in [2.05, 4.69) is 21.1 Å². The maximum absolute atomic E-state index is 11.9. The standard InChI is InChI=1S/C19H19BrCl2N2O3/c1-10-6-16(11(2)12(3)19(10)20)26-9-18(25)27-24-17(23)7-13-4-5-14(21)8-15(13)22/h4-6,8H,7,9H2,1-3H3,(H2,23,24). The van der Waals surface area contributed by atoms with E-state index in [0.717, 1.165) is 26.7 Å². The third-order valence-electron chi connectivity index (χ3n) is 3.95. The number of oxime groups is 1. The second-order valence-electron chi connectivity index (χ2n) is 6.00. The molecule has 0 saturated heterocycles. The Labute approximate surface area is 176 Å². The van der Waals surface area contributed by atoms with Crippen LogP contribution in [0.2, 0.25) is 10.0 Å². The highest BCUT2D eigenvalue weighted by Crippen LogP contribution is 2.31. The first-order valence-corrected chi connectivity index (χ1v) is 9.59. The van der Waals surface area contributed by atoms with Crippen molar-refractivity contribution in [2.75, 3.05) is 6.61 Å². The molecule has 2 rings (SSSR count). The average Bonchev–Trinajstić information content (AvgIpc) is 2.62. The molecule has 0 unspecified atom stereocenters. The van der Waals surface area contributed by atoms with E-state index in [1.807, 2.05) is 26.8 Å². The maximum atomic E-state index is 11.9. The van der Waals surface area contributed by atoms with E-state index in [9.17, 15) is 4.79 Å². The minimum absolute atomic E-state index is 0.110. The molecule has 0 radical (unpaired) electrons. The number of benzene rings is 2. The van der Waals surface area contributed by atoms with Crippen molar-refractivity contribution in [3.05, 3.63) is 61.0 Å². The molecule has 0 aliphatic rings. The van der Waals surface area contributed by atoms with Gasteiger partial charge in [-0.3, -0.25) is 0 Å². The van der Waals surface area contributed by atoms with Crippen molar-refractivity contribution < 1.29 is 14.4 Å². The van der Waals surface area contributed by atoms with Gasteiger partial charge in [0.2, 0.25) is 0 Å². The molecule has 8 heteroatoms. The number of hydrogen-bond acceptors (Lipinski definition) is 4. The zero-order valence-corrected chi connectivity index (χ0v) is 18.2. The lowest BCUT2D eigenvalue weighted by molar-refractivity contribution is -0.146. The number of aryl methyl sites for hydroxylation is 1. The topological polar surface area (TPSA) is 73.9 Å². The van der Waals surface area contributed by atoms with Gasteiger partial charge in [-0.1, -0.05) is 50.4 Å². The van der Waals surface area contributed by atoms with Gasteiger partial charge in [-0.25, -0.2) is 4.79 Å². The molecule has 2 aromatic carbocycles. The molecule has 0 atom stereocenters. The summed E-state index contributed by atoms with van der Waals surface area (Å²) >= 11 is 15.5. The maximum Gasteiger partial charge on any atom is 0.372 e. The summed E-state index contributed by atoms with van der Waals surface area (Å²) in [4.78, 5) is 16.7. The Morgan fingerprint density at radius 3 is 2.56 bits per heavy atom. The summed E-state index contributed by atoms with van der Waals surface area (Å²) in [6, 6.07) is 6.90. The van der Waals surface area contributed by atoms with Crippen molar-refractivity contribution in [3.63, 3.8) is 0 Å². The quantitative estimate of drug-likeness (QED) is 0.273. The minimum atomic E-state index is -0.655. The van der Waals surface area contributed by atoms with Crippen LogP contribution < -0.4 is 10.5 Å². The van der Waals surface area contributed by atoms with Crippen LogP contribution in [0.3, 0.4) is 0 Å². The summed E-state index contributed by atoms with van der Waals surface area (Å²) in [5, 5.41) is 4.62. The van der Waals surface area contributed by atoms with Crippen molar-refractivity contribution in [1.82, 2.24) is 0 Å². The van der Waals surface area contributed by atoms with E-state index >= 15 is 0 Å². The molecule has 0 bridgehead atoms. The number of hydrogen-bond donors (Lipinski definition) is 1. The average molecular weight is 474 g/mol. The molecule has 5 nitrogen and oxygen atoms in total. The summed E-state index contributed by atoms with van der Waals surface area (Å²) in [5.74, 6) is 0.0758. The highest BCUT2D eigenvalue weighted by atomic mass is 79.9. The largest absolute Gasteiger partial charge is 0.482 e. The minimum Gasteiger partial charge on any atom is -0.482 e. The Morgan fingerprint density at radius 1 is 1.19 bits per heavy atom. The summed E-state index contributed by atoms with van der Waals surface area (Å²) in [7, 11) is 0. The normalized spacial score (nSPS) is 11.4. The van der Waals surface area contributed by atoms with Gasteiger partial charge >= 0.3 is 5.97 Å². The van der Waals surface area contributed by atoms with Gasteiger partial charge in [0.25, 0.3) is 0 Å². The monoisotopic (exact) mass is 472 g/mol. The van der Waals surface area contributed by atoms with Crippen LogP contribution in [0.15, 0.2) is 33.9 Å². The number of carbonyl (C=O) groups excluding carboxylic acids is 1. The van der Waals surface area contributed by atoms with E-state index in [1.54, 1.807) is 18.2 Å². The lowest BCUT2D eigenvalue weighted by Gasteiger charge is -2.13.